The molecule has 1 heteroatoms. The third kappa shape index (κ3) is 3.13. The smallest absolute Gasteiger partial charge is 0.123 e. The van der Waals surface area contributed by atoms with Crippen molar-refractivity contribution in [2.75, 3.05) is 0 Å². The molecule has 0 fully saturated rings. The summed E-state index contributed by atoms with van der Waals surface area (Å²) in [6.07, 6.45) is 2.40. The lowest BCUT2D eigenvalue weighted by Crippen LogP contribution is -2.00. The molecule has 78 valence electrons. The average molecular weight is 194 g/mol. The van der Waals surface area contributed by atoms with Crippen molar-refractivity contribution in [1.29, 1.82) is 0 Å². The first-order chi connectivity index (χ1) is 6.63. The molecule has 0 bridgehead atoms. The van der Waals surface area contributed by atoms with Gasteiger partial charge >= 0.3 is 0 Å². The summed E-state index contributed by atoms with van der Waals surface area (Å²) in [6.45, 7) is 6.68. The van der Waals surface area contributed by atoms with Gasteiger partial charge < -0.3 is 0 Å². The molecule has 0 aliphatic carbocycles. The molecule has 0 aromatic heterocycles. The molecule has 1 aromatic carbocycles. The van der Waals surface area contributed by atoms with Gasteiger partial charge in [-0.05, 0) is 36.0 Å². The molecule has 0 N–H and O–H groups in total. The van der Waals surface area contributed by atoms with Crippen molar-refractivity contribution in [3.8, 4) is 0 Å². The molecule has 0 saturated carbocycles. The Bertz CT molecular complexity index is 263. The summed E-state index contributed by atoms with van der Waals surface area (Å²) in [5.74, 6) is 1.13. The number of benzene rings is 1. The second-order valence-electron chi connectivity index (χ2n) is 4.20. The highest BCUT2D eigenvalue weighted by atomic mass is 19.1. The highest BCUT2D eigenvalue weighted by molar-refractivity contribution is 5.19. The lowest BCUT2D eigenvalue weighted by molar-refractivity contribution is 0.471. The molecule has 0 radical (unpaired) electrons. The molecule has 1 rings (SSSR count). The predicted molar refractivity (Wildman–Crippen MR) is 58.9 cm³/mol. The van der Waals surface area contributed by atoms with Gasteiger partial charge in [-0.1, -0.05) is 39.3 Å². The summed E-state index contributed by atoms with van der Waals surface area (Å²) < 4.78 is 12.7. The van der Waals surface area contributed by atoms with Gasteiger partial charge in [-0.25, -0.2) is 4.39 Å². The normalized spacial score (nSPS) is 15.1. The molecule has 1 aromatic rings. The van der Waals surface area contributed by atoms with E-state index in [9.17, 15) is 4.39 Å². The number of rotatable bonds is 4. The van der Waals surface area contributed by atoms with Crippen molar-refractivity contribution >= 4 is 0 Å². The number of hydrogen-bond acceptors (Lipinski definition) is 0. The minimum Gasteiger partial charge on any atom is -0.207 e. The second kappa shape index (κ2) is 5.14. The molecule has 1 unspecified atom stereocenters. The fourth-order valence-electron chi connectivity index (χ4n) is 1.70. The Morgan fingerprint density at radius 3 is 2.21 bits per heavy atom. The van der Waals surface area contributed by atoms with Gasteiger partial charge in [-0.15, -0.1) is 0 Å². The Kier molecular flexibility index (Phi) is 4.12. The molecule has 0 saturated heterocycles. The molecule has 0 amide bonds. The summed E-state index contributed by atoms with van der Waals surface area (Å²) in [6, 6.07) is 6.87. The fraction of sp³-hybridized carbons (Fsp3) is 0.538. The lowest BCUT2D eigenvalue weighted by atomic mass is 9.90. The average Bonchev–Trinajstić information content (AvgIpc) is 2.18. The Morgan fingerprint density at radius 2 is 1.71 bits per heavy atom. The van der Waals surface area contributed by atoms with Crippen molar-refractivity contribution < 1.29 is 4.39 Å². The standard InChI is InChI=1S/C13H19F/c1-4-10(2)9-11(3)12-5-7-13(14)8-6-12/h5-8,10-11H,4,9H2,1-3H3/t10?,11-/m0/s1. The van der Waals surface area contributed by atoms with Gasteiger partial charge in [0.1, 0.15) is 5.82 Å². The highest BCUT2D eigenvalue weighted by Gasteiger charge is 2.09. The van der Waals surface area contributed by atoms with E-state index in [4.69, 9.17) is 0 Å². The zero-order chi connectivity index (χ0) is 10.6. The predicted octanol–water partition coefficient (Wildman–Crippen LogP) is 4.37. The van der Waals surface area contributed by atoms with E-state index in [1.807, 2.05) is 12.1 Å². The molecule has 2 atom stereocenters. The van der Waals surface area contributed by atoms with Crippen molar-refractivity contribution in [3.63, 3.8) is 0 Å². The van der Waals surface area contributed by atoms with Crippen LogP contribution in [-0.4, -0.2) is 0 Å². The fourth-order valence-corrected chi connectivity index (χ4v) is 1.70. The Balaban J connectivity index is 2.60. The van der Waals surface area contributed by atoms with E-state index in [1.54, 1.807) is 12.1 Å². The van der Waals surface area contributed by atoms with Crippen molar-refractivity contribution in [3.05, 3.63) is 35.6 Å². The SMILES string of the molecule is CCC(C)C[C@H](C)c1ccc(F)cc1. The van der Waals surface area contributed by atoms with Crippen molar-refractivity contribution in [2.24, 2.45) is 5.92 Å². The Morgan fingerprint density at radius 1 is 1.14 bits per heavy atom. The van der Waals surface area contributed by atoms with Crippen LogP contribution in [0.5, 0.6) is 0 Å². The van der Waals surface area contributed by atoms with Crippen LogP contribution in [0.2, 0.25) is 0 Å². The first-order valence-corrected chi connectivity index (χ1v) is 5.39. The van der Waals surface area contributed by atoms with Gasteiger partial charge in [0.25, 0.3) is 0 Å². The zero-order valence-corrected chi connectivity index (χ0v) is 9.26. The van der Waals surface area contributed by atoms with Crippen LogP contribution in [0.1, 0.15) is 45.1 Å². The van der Waals surface area contributed by atoms with E-state index in [0.717, 1.165) is 5.92 Å². The van der Waals surface area contributed by atoms with Crippen LogP contribution in [-0.2, 0) is 0 Å². The van der Waals surface area contributed by atoms with Crippen LogP contribution in [0.4, 0.5) is 4.39 Å². The van der Waals surface area contributed by atoms with Gasteiger partial charge in [0.05, 0.1) is 0 Å². The minimum absolute atomic E-state index is 0.149. The minimum atomic E-state index is -0.149. The van der Waals surface area contributed by atoms with Gasteiger partial charge in [-0.3, -0.25) is 0 Å². The molecular formula is C13H19F. The lowest BCUT2D eigenvalue weighted by Gasteiger charge is -2.16. The van der Waals surface area contributed by atoms with Crippen LogP contribution >= 0.6 is 0 Å². The number of halogens is 1. The third-order valence-electron chi connectivity index (χ3n) is 2.89. The van der Waals surface area contributed by atoms with E-state index in [-0.39, 0.29) is 5.82 Å². The van der Waals surface area contributed by atoms with E-state index < -0.39 is 0 Å². The molecule has 0 aliphatic rings. The molecule has 0 nitrogen and oxygen atoms in total. The largest absolute Gasteiger partial charge is 0.207 e. The quantitative estimate of drug-likeness (QED) is 0.667. The highest BCUT2D eigenvalue weighted by Crippen LogP contribution is 2.24. The molecular weight excluding hydrogens is 175 g/mol. The first-order valence-electron chi connectivity index (χ1n) is 5.39. The molecule has 0 spiro atoms. The maximum atomic E-state index is 12.7. The van der Waals surface area contributed by atoms with Crippen molar-refractivity contribution in [1.82, 2.24) is 0 Å². The first kappa shape index (κ1) is 11.2. The maximum Gasteiger partial charge on any atom is 0.123 e. The van der Waals surface area contributed by atoms with E-state index in [0.29, 0.717) is 5.92 Å². The summed E-state index contributed by atoms with van der Waals surface area (Å²) in [5.41, 5.74) is 1.24. The summed E-state index contributed by atoms with van der Waals surface area (Å²) >= 11 is 0. The van der Waals surface area contributed by atoms with Crippen molar-refractivity contribution in [2.45, 2.75) is 39.5 Å². The molecule has 0 heterocycles. The van der Waals surface area contributed by atoms with Crippen LogP contribution in [0.15, 0.2) is 24.3 Å². The van der Waals surface area contributed by atoms with E-state index in [1.165, 1.54) is 18.4 Å². The third-order valence-corrected chi connectivity index (χ3v) is 2.89. The zero-order valence-electron chi connectivity index (χ0n) is 9.26. The molecule has 0 aliphatic heterocycles. The summed E-state index contributed by atoms with van der Waals surface area (Å²) in [5, 5.41) is 0. The maximum absolute atomic E-state index is 12.7. The topological polar surface area (TPSA) is 0 Å². The number of hydrogen-bond donors (Lipinski definition) is 0. The van der Waals surface area contributed by atoms with Gasteiger partial charge in [0.15, 0.2) is 0 Å². The Hall–Kier alpha value is -0.850. The van der Waals surface area contributed by atoms with Gasteiger partial charge in [0.2, 0.25) is 0 Å². The second-order valence-corrected chi connectivity index (χ2v) is 4.20. The Labute approximate surface area is 86.2 Å². The van der Waals surface area contributed by atoms with Crippen LogP contribution in [0.25, 0.3) is 0 Å². The van der Waals surface area contributed by atoms with E-state index >= 15 is 0 Å². The van der Waals surface area contributed by atoms with Crippen LogP contribution < -0.4 is 0 Å². The van der Waals surface area contributed by atoms with Crippen LogP contribution in [0.3, 0.4) is 0 Å². The monoisotopic (exact) mass is 194 g/mol. The van der Waals surface area contributed by atoms with Crippen LogP contribution in [0, 0.1) is 11.7 Å². The molecule has 14 heavy (non-hydrogen) atoms. The van der Waals surface area contributed by atoms with Gasteiger partial charge in [-0.2, -0.15) is 0 Å². The van der Waals surface area contributed by atoms with E-state index in [2.05, 4.69) is 20.8 Å². The van der Waals surface area contributed by atoms with Gasteiger partial charge in [0, 0.05) is 0 Å². The summed E-state index contributed by atoms with van der Waals surface area (Å²) in [4.78, 5) is 0. The summed E-state index contributed by atoms with van der Waals surface area (Å²) in [7, 11) is 0.